The van der Waals surface area contributed by atoms with Crippen molar-refractivity contribution in [3.63, 3.8) is 0 Å². The summed E-state index contributed by atoms with van der Waals surface area (Å²) in [6, 6.07) is 14.5. The van der Waals surface area contributed by atoms with Gasteiger partial charge in [0, 0.05) is 29.5 Å². The lowest BCUT2D eigenvalue weighted by Gasteiger charge is -2.15. The molecule has 2 aromatic heterocycles. The summed E-state index contributed by atoms with van der Waals surface area (Å²) in [5.74, 6) is 1.10. The van der Waals surface area contributed by atoms with Crippen LogP contribution >= 0.6 is 11.6 Å². The number of pyridine rings is 2. The van der Waals surface area contributed by atoms with Gasteiger partial charge >= 0.3 is 0 Å². The molecule has 0 amide bonds. The molecule has 8 heteroatoms. The lowest BCUT2D eigenvalue weighted by Crippen LogP contribution is -2.00. The third kappa shape index (κ3) is 4.51. The van der Waals surface area contributed by atoms with Crippen LogP contribution in [-0.2, 0) is 6.61 Å². The van der Waals surface area contributed by atoms with E-state index in [1.807, 2.05) is 31.2 Å². The van der Waals surface area contributed by atoms with Crippen molar-refractivity contribution in [2.75, 3.05) is 17.7 Å². The Hall–Kier alpha value is -4.02. The molecule has 160 valence electrons. The molecule has 32 heavy (non-hydrogen) atoms. The first-order valence-corrected chi connectivity index (χ1v) is 10.3. The molecule has 0 saturated heterocycles. The predicted molar refractivity (Wildman–Crippen MR) is 127 cm³/mol. The van der Waals surface area contributed by atoms with E-state index in [0.717, 1.165) is 5.69 Å². The minimum absolute atomic E-state index is 0.311. The van der Waals surface area contributed by atoms with Crippen molar-refractivity contribution in [1.29, 1.82) is 0 Å². The van der Waals surface area contributed by atoms with E-state index in [1.54, 1.807) is 30.5 Å². The van der Waals surface area contributed by atoms with Crippen molar-refractivity contribution in [1.82, 2.24) is 9.97 Å². The quantitative estimate of drug-likeness (QED) is 0.262. The Kier molecular flexibility index (Phi) is 6.24. The van der Waals surface area contributed by atoms with Crippen LogP contribution in [-0.4, -0.2) is 16.6 Å². The second-order valence-corrected chi connectivity index (χ2v) is 7.26. The molecular weight excluding hydrogens is 426 g/mol. The zero-order chi connectivity index (χ0) is 22.5. The van der Waals surface area contributed by atoms with Crippen LogP contribution in [0.15, 0.2) is 60.9 Å². The number of fused-ring (bicyclic) bond motifs is 1. The van der Waals surface area contributed by atoms with Gasteiger partial charge in [0.05, 0.1) is 40.8 Å². The van der Waals surface area contributed by atoms with Gasteiger partial charge in [0.25, 0.3) is 0 Å². The van der Waals surface area contributed by atoms with E-state index in [9.17, 15) is 0 Å². The van der Waals surface area contributed by atoms with Gasteiger partial charge in [-0.05, 0) is 43.3 Å². The van der Waals surface area contributed by atoms with Crippen LogP contribution in [0.5, 0.6) is 11.5 Å². The molecular formula is C24H20ClN5O2. The molecule has 0 aliphatic heterocycles. The number of nitrogens with one attached hydrogen (secondary N) is 1. The second-order valence-electron chi connectivity index (χ2n) is 6.85. The van der Waals surface area contributed by atoms with E-state index in [0.29, 0.717) is 63.4 Å². The minimum atomic E-state index is 0.311. The van der Waals surface area contributed by atoms with Crippen molar-refractivity contribution >= 4 is 45.3 Å². The van der Waals surface area contributed by atoms with E-state index in [2.05, 4.69) is 20.1 Å². The second kappa shape index (κ2) is 9.41. The summed E-state index contributed by atoms with van der Waals surface area (Å²) in [6.45, 7) is 10.2. The Morgan fingerprint density at radius 3 is 2.69 bits per heavy atom. The zero-order valence-electron chi connectivity index (χ0n) is 17.3. The fourth-order valence-electron chi connectivity index (χ4n) is 3.20. The fourth-order valence-corrected chi connectivity index (χ4v) is 3.43. The molecule has 0 radical (unpaired) electrons. The molecule has 2 heterocycles. The number of rotatable bonds is 7. The summed E-state index contributed by atoms with van der Waals surface area (Å²) >= 11 is 6.44. The number of aromatic nitrogens is 2. The highest BCUT2D eigenvalue weighted by molar-refractivity contribution is 6.32. The lowest BCUT2D eigenvalue weighted by molar-refractivity contribution is 0.301. The lowest BCUT2D eigenvalue weighted by atomic mass is 10.1. The van der Waals surface area contributed by atoms with Crippen molar-refractivity contribution in [2.45, 2.75) is 13.5 Å². The number of nitrogen functional groups attached to an aromatic ring is 1. The molecule has 0 atom stereocenters. The van der Waals surface area contributed by atoms with Gasteiger partial charge in [0.2, 0.25) is 5.69 Å². The van der Waals surface area contributed by atoms with E-state index in [-0.39, 0.29) is 0 Å². The zero-order valence-corrected chi connectivity index (χ0v) is 18.1. The first-order chi connectivity index (χ1) is 15.6. The molecule has 0 fully saturated rings. The summed E-state index contributed by atoms with van der Waals surface area (Å²) < 4.78 is 11.3. The number of anilines is 3. The maximum atomic E-state index is 7.54. The van der Waals surface area contributed by atoms with Crippen LogP contribution < -0.4 is 20.5 Å². The molecule has 2 aromatic carbocycles. The minimum Gasteiger partial charge on any atom is -0.492 e. The number of nitrogens with two attached hydrogens (primary N) is 1. The molecule has 0 spiro atoms. The Labute approximate surface area is 190 Å². The maximum absolute atomic E-state index is 7.54. The van der Waals surface area contributed by atoms with Crippen molar-refractivity contribution in [2.24, 2.45) is 0 Å². The average Bonchev–Trinajstić information content (AvgIpc) is 2.80. The molecule has 3 N–H and O–H groups in total. The summed E-state index contributed by atoms with van der Waals surface area (Å²) in [4.78, 5) is 12.2. The largest absolute Gasteiger partial charge is 0.492 e. The Morgan fingerprint density at radius 1 is 1.09 bits per heavy atom. The Bertz CT molecular complexity index is 1310. The predicted octanol–water partition coefficient (Wildman–Crippen LogP) is 6.14. The standard InChI is InChI=1S/C24H20ClN5O2/c1-3-31-23-12-20-17(11-19(23)26)24(21(27-2)13-29-20)30-15-7-8-22(18(25)10-15)32-14-16-6-4-5-9-28-16/h4-13H,3,14,26H2,1H3,(H,29,30). The average molecular weight is 446 g/mol. The molecule has 0 aliphatic rings. The number of hydrogen-bond acceptors (Lipinski definition) is 6. The van der Waals surface area contributed by atoms with Gasteiger partial charge in [-0.3, -0.25) is 9.97 Å². The van der Waals surface area contributed by atoms with Gasteiger partial charge in [-0.25, -0.2) is 4.85 Å². The smallest absolute Gasteiger partial charge is 0.228 e. The third-order valence-corrected chi connectivity index (χ3v) is 5.00. The molecule has 4 rings (SSSR count). The Balaban J connectivity index is 1.63. The number of hydrogen-bond donors (Lipinski definition) is 2. The number of benzene rings is 2. The monoisotopic (exact) mass is 445 g/mol. The normalized spacial score (nSPS) is 10.5. The summed E-state index contributed by atoms with van der Waals surface area (Å²) in [5, 5.41) is 4.44. The van der Waals surface area contributed by atoms with Crippen molar-refractivity contribution in [3.8, 4) is 11.5 Å². The molecule has 0 saturated carbocycles. The molecule has 7 nitrogen and oxygen atoms in total. The van der Waals surface area contributed by atoms with Crippen LogP contribution in [0.25, 0.3) is 15.7 Å². The number of halogens is 1. The number of nitrogens with zero attached hydrogens (tertiary/aromatic N) is 3. The summed E-state index contributed by atoms with van der Waals surface area (Å²) in [5.41, 5.74) is 9.76. The molecule has 0 aliphatic carbocycles. The van der Waals surface area contributed by atoms with Gasteiger partial charge in [-0.2, -0.15) is 0 Å². The van der Waals surface area contributed by atoms with Crippen LogP contribution in [0.4, 0.5) is 22.7 Å². The van der Waals surface area contributed by atoms with E-state index in [1.165, 1.54) is 6.20 Å². The van der Waals surface area contributed by atoms with Crippen LogP contribution in [0, 0.1) is 6.57 Å². The maximum Gasteiger partial charge on any atom is 0.228 e. The van der Waals surface area contributed by atoms with Gasteiger partial charge < -0.3 is 20.5 Å². The Morgan fingerprint density at radius 2 is 1.97 bits per heavy atom. The summed E-state index contributed by atoms with van der Waals surface area (Å²) in [7, 11) is 0. The summed E-state index contributed by atoms with van der Waals surface area (Å²) in [6.07, 6.45) is 3.24. The van der Waals surface area contributed by atoms with Gasteiger partial charge in [0.1, 0.15) is 18.1 Å². The molecule has 0 bridgehead atoms. The third-order valence-electron chi connectivity index (χ3n) is 4.70. The van der Waals surface area contributed by atoms with E-state index < -0.39 is 0 Å². The van der Waals surface area contributed by atoms with Gasteiger partial charge in [0.15, 0.2) is 0 Å². The van der Waals surface area contributed by atoms with Crippen LogP contribution in [0.2, 0.25) is 5.02 Å². The van der Waals surface area contributed by atoms with Crippen LogP contribution in [0.3, 0.4) is 0 Å². The first kappa shape index (κ1) is 21.2. The van der Waals surface area contributed by atoms with Gasteiger partial charge in [-0.1, -0.05) is 17.7 Å². The topological polar surface area (TPSA) is 86.7 Å². The van der Waals surface area contributed by atoms with E-state index >= 15 is 0 Å². The highest BCUT2D eigenvalue weighted by Gasteiger charge is 2.14. The van der Waals surface area contributed by atoms with Crippen LogP contribution in [0.1, 0.15) is 12.6 Å². The SMILES string of the molecule is [C-]#[N+]c1cnc2cc(OCC)c(N)cc2c1Nc1ccc(OCc2ccccn2)c(Cl)c1. The highest BCUT2D eigenvalue weighted by Crippen LogP contribution is 2.39. The van der Waals surface area contributed by atoms with Crippen molar-refractivity contribution in [3.05, 3.63) is 83.1 Å². The first-order valence-electron chi connectivity index (χ1n) is 9.90. The van der Waals surface area contributed by atoms with Crippen molar-refractivity contribution < 1.29 is 9.47 Å². The number of ether oxygens (including phenoxy) is 2. The fraction of sp³-hybridized carbons (Fsp3) is 0.125. The molecule has 4 aromatic rings. The molecule has 0 unspecified atom stereocenters. The van der Waals surface area contributed by atoms with Gasteiger partial charge in [-0.15, -0.1) is 0 Å². The van der Waals surface area contributed by atoms with E-state index in [4.69, 9.17) is 33.4 Å². The highest BCUT2D eigenvalue weighted by atomic mass is 35.5.